The number of methoxy groups -OCH3 is 1. The van der Waals surface area contributed by atoms with Crippen LogP contribution in [0.2, 0.25) is 0 Å². The molecule has 0 fully saturated rings. The Balaban J connectivity index is 2.24. The quantitative estimate of drug-likeness (QED) is 0.483. The highest BCUT2D eigenvalue weighted by Gasteiger charge is 2.06. The van der Waals surface area contributed by atoms with Gasteiger partial charge in [0.05, 0.1) is 17.7 Å². The van der Waals surface area contributed by atoms with Crippen molar-refractivity contribution >= 4 is 17.6 Å². The van der Waals surface area contributed by atoms with Crippen LogP contribution < -0.4 is 4.74 Å². The van der Waals surface area contributed by atoms with Gasteiger partial charge in [-0.2, -0.15) is 0 Å². The van der Waals surface area contributed by atoms with Crippen molar-refractivity contribution in [3.63, 3.8) is 0 Å². The smallest absolute Gasteiger partial charge is 0.269 e. The first-order chi connectivity index (χ1) is 9.60. The molecule has 20 heavy (non-hydrogen) atoms. The van der Waals surface area contributed by atoms with Crippen LogP contribution in [-0.2, 0) is 0 Å². The van der Waals surface area contributed by atoms with Gasteiger partial charge in [0.15, 0.2) is 0 Å². The van der Waals surface area contributed by atoms with E-state index >= 15 is 0 Å². The van der Waals surface area contributed by atoms with Gasteiger partial charge in [0.1, 0.15) is 5.75 Å². The van der Waals surface area contributed by atoms with Gasteiger partial charge in [0, 0.05) is 18.3 Å². The van der Waals surface area contributed by atoms with Crippen molar-refractivity contribution in [2.45, 2.75) is 6.92 Å². The Kier molecular flexibility index (Phi) is 4.10. The second-order valence-corrected chi connectivity index (χ2v) is 4.26. The van der Waals surface area contributed by atoms with Gasteiger partial charge >= 0.3 is 0 Å². The first-order valence-electron chi connectivity index (χ1n) is 6.03. The van der Waals surface area contributed by atoms with Crippen molar-refractivity contribution in [3.8, 4) is 5.75 Å². The zero-order chi connectivity index (χ0) is 14.5. The Morgan fingerprint density at radius 2 is 2.05 bits per heavy atom. The Labute approximate surface area is 116 Å². The maximum absolute atomic E-state index is 10.7. The SMILES string of the molecule is COc1cccc(C=Nc2ccc([N+](=O)[O-])cc2C)c1. The maximum Gasteiger partial charge on any atom is 0.269 e. The lowest BCUT2D eigenvalue weighted by atomic mass is 10.2. The van der Waals surface area contributed by atoms with E-state index in [1.54, 1.807) is 26.3 Å². The molecule has 0 atom stereocenters. The number of aryl methyl sites for hydroxylation is 1. The van der Waals surface area contributed by atoms with E-state index in [1.165, 1.54) is 12.1 Å². The number of benzene rings is 2. The molecular weight excluding hydrogens is 256 g/mol. The summed E-state index contributed by atoms with van der Waals surface area (Å²) in [4.78, 5) is 14.6. The summed E-state index contributed by atoms with van der Waals surface area (Å²) in [5, 5.41) is 10.7. The maximum atomic E-state index is 10.7. The fourth-order valence-electron chi connectivity index (χ4n) is 1.76. The van der Waals surface area contributed by atoms with Gasteiger partial charge in [-0.1, -0.05) is 12.1 Å². The van der Waals surface area contributed by atoms with Crippen molar-refractivity contribution in [1.82, 2.24) is 0 Å². The fraction of sp³-hybridized carbons (Fsp3) is 0.133. The van der Waals surface area contributed by atoms with Gasteiger partial charge in [-0.3, -0.25) is 15.1 Å². The third kappa shape index (κ3) is 3.20. The molecule has 0 aromatic heterocycles. The highest BCUT2D eigenvalue weighted by atomic mass is 16.6. The van der Waals surface area contributed by atoms with E-state index < -0.39 is 4.92 Å². The monoisotopic (exact) mass is 270 g/mol. The van der Waals surface area contributed by atoms with Gasteiger partial charge in [-0.25, -0.2) is 0 Å². The number of aliphatic imine (C=N–C) groups is 1. The Morgan fingerprint density at radius 3 is 2.70 bits per heavy atom. The minimum atomic E-state index is -0.414. The third-order valence-corrected chi connectivity index (χ3v) is 2.84. The number of rotatable bonds is 4. The number of nitro groups is 1. The van der Waals surface area contributed by atoms with Gasteiger partial charge in [-0.05, 0) is 36.2 Å². The predicted octanol–water partition coefficient (Wildman–Crippen LogP) is 3.66. The van der Waals surface area contributed by atoms with Crippen molar-refractivity contribution in [3.05, 3.63) is 63.7 Å². The van der Waals surface area contributed by atoms with Crippen molar-refractivity contribution in [2.75, 3.05) is 7.11 Å². The average molecular weight is 270 g/mol. The lowest BCUT2D eigenvalue weighted by Crippen LogP contribution is -1.89. The van der Waals surface area contributed by atoms with Gasteiger partial charge in [-0.15, -0.1) is 0 Å². The van der Waals surface area contributed by atoms with Crippen LogP contribution in [0, 0.1) is 17.0 Å². The molecule has 5 nitrogen and oxygen atoms in total. The summed E-state index contributed by atoms with van der Waals surface area (Å²) in [5.41, 5.74) is 2.45. The van der Waals surface area contributed by atoms with Crippen LogP contribution in [0.25, 0.3) is 0 Å². The molecule has 0 aliphatic rings. The minimum absolute atomic E-state index is 0.0721. The summed E-state index contributed by atoms with van der Waals surface area (Å²) >= 11 is 0. The molecule has 0 saturated heterocycles. The molecule has 0 aliphatic heterocycles. The number of nitrogens with zero attached hydrogens (tertiary/aromatic N) is 2. The summed E-state index contributed by atoms with van der Waals surface area (Å²) in [5.74, 6) is 0.759. The highest BCUT2D eigenvalue weighted by molar-refractivity contribution is 5.83. The van der Waals surface area contributed by atoms with Crippen LogP contribution in [0.1, 0.15) is 11.1 Å². The van der Waals surface area contributed by atoms with E-state index in [4.69, 9.17) is 4.74 Å². The molecular formula is C15H14N2O3. The first-order valence-corrected chi connectivity index (χ1v) is 6.03. The summed E-state index contributed by atoms with van der Waals surface area (Å²) < 4.78 is 5.14. The van der Waals surface area contributed by atoms with E-state index in [1.807, 2.05) is 24.3 Å². The molecule has 0 radical (unpaired) electrons. The first kappa shape index (κ1) is 13.7. The van der Waals surface area contributed by atoms with Crippen molar-refractivity contribution in [1.29, 1.82) is 0 Å². The van der Waals surface area contributed by atoms with E-state index in [0.29, 0.717) is 5.69 Å². The largest absolute Gasteiger partial charge is 0.497 e. The molecule has 2 aromatic rings. The third-order valence-electron chi connectivity index (χ3n) is 2.84. The molecule has 102 valence electrons. The predicted molar refractivity (Wildman–Crippen MR) is 78.1 cm³/mol. The van der Waals surface area contributed by atoms with Crippen molar-refractivity contribution < 1.29 is 9.66 Å². The normalized spacial score (nSPS) is 10.7. The molecule has 5 heteroatoms. The van der Waals surface area contributed by atoms with E-state index in [9.17, 15) is 10.1 Å². The summed E-state index contributed by atoms with van der Waals surface area (Å²) in [6.07, 6.45) is 1.71. The number of ether oxygens (including phenoxy) is 1. The van der Waals surface area contributed by atoms with E-state index in [2.05, 4.69) is 4.99 Å². The van der Waals surface area contributed by atoms with Gasteiger partial charge < -0.3 is 4.74 Å². The fourth-order valence-corrected chi connectivity index (χ4v) is 1.76. The Hall–Kier alpha value is -2.69. The van der Waals surface area contributed by atoms with Crippen molar-refractivity contribution in [2.24, 2.45) is 4.99 Å². The molecule has 0 unspecified atom stereocenters. The highest BCUT2D eigenvalue weighted by Crippen LogP contribution is 2.23. The standard InChI is InChI=1S/C15H14N2O3/c1-11-8-13(17(18)19)6-7-15(11)16-10-12-4-3-5-14(9-12)20-2/h3-10H,1-2H3. The van der Waals surface area contributed by atoms with Crippen LogP contribution in [0.5, 0.6) is 5.75 Å². The lowest BCUT2D eigenvalue weighted by molar-refractivity contribution is -0.384. The van der Waals surface area contributed by atoms with Crippen LogP contribution in [0.4, 0.5) is 11.4 Å². The molecule has 0 amide bonds. The molecule has 0 aliphatic carbocycles. The van der Waals surface area contributed by atoms with Gasteiger partial charge in [0.25, 0.3) is 5.69 Å². The van der Waals surface area contributed by atoms with Crippen LogP contribution in [0.3, 0.4) is 0 Å². The summed E-state index contributed by atoms with van der Waals surface area (Å²) in [7, 11) is 1.61. The lowest BCUT2D eigenvalue weighted by Gasteiger charge is -2.01. The topological polar surface area (TPSA) is 64.7 Å². The number of non-ortho nitro benzene ring substituents is 1. The minimum Gasteiger partial charge on any atom is -0.497 e. The molecule has 0 heterocycles. The number of nitro benzene ring substituents is 1. The second kappa shape index (κ2) is 5.97. The van der Waals surface area contributed by atoms with E-state index in [0.717, 1.165) is 16.9 Å². The van der Waals surface area contributed by atoms with Gasteiger partial charge in [0.2, 0.25) is 0 Å². The van der Waals surface area contributed by atoms with Crippen LogP contribution in [0.15, 0.2) is 47.5 Å². The number of hydrogen-bond donors (Lipinski definition) is 0. The van der Waals surface area contributed by atoms with E-state index in [-0.39, 0.29) is 5.69 Å². The average Bonchev–Trinajstić information content (AvgIpc) is 2.46. The molecule has 0 N–H and O–H groups in total. The molecule has 2 rings (SSSR count). The molecule has 2 aromatic carbocycles. The van der Waals surface area contributed by atoms with Crippen LogP contribution >= 0.6 is 0 Å². The number of hydrogen-bond acceptors (Lipinski definition) is 4. The molecule has 0 saturated carbocycles. The summed E-state index contributed by atoms with van der Waals surface area (Å²) in [6, 6.07) is 12.1. The zero-order valence-corrected chi connectivity index (χ0v) is 11.2. The van der Waals surface area contributed by atoms with Crippen LogP contribution in [-0.4, -0.2) is 18.2 Å². The zero-order valence-electron chi connectivity index (χ0n) is 11.2. The summed E-state index contributed by atoms with van der Waals surface area (Å²) in [6.45, 7) is 1.80. The molecule has 0 spiro atoms. The molecule has 0 bridgehead atoms. The second-order valence-electron chi connectivity index (χ2n) is 4.26. The Bertz CT molecular complexity index is 666. The Morgan fingerprint density at radius 1 is 1.25 bits per heavy atom.